The molecule has 6 heteroatoms. The third-order valence-electron chi connectivity index (χ3n) is 2.75. The van der Waals surface area contributed by atoms with Gasteiger partial charge in [-0.25, -0.2) is 4.79 Å². The van der Waals surface area contributed by atoms with Gasteiger partial charge >= 0.3 is 12.0 Å². The highest BCUT2D eigenvalue weighted by molar-refractivity contribution is 5.79. The van der Waals surface area contributed by atoms with Gasteiger partial charge < -0.3 is 20.1 Å². The summed E-state index contributed by atoms with van der Waals surface area (Å²) in [6.07, 6.45) is 4.99. The number of likely N-dealkylation sites (N-methyl/N-ethyl adjacent to an activating group) is 1. The van der Waals surface area contributed by atoms with Crippen LogP contribution in [0.1, 0.15) is 25.7 Å². The average molecular weight is 244 g/mol. The van der Waals surface area contributed by atoms with Gasteiger partial charge in [0.15, 0.2) is 0 Å². The number of aliphatic carboxylic acids is 1. The Morgan fingerprint density at radius 2 is 2.06 bits per heavy atom. The normalized spacial score (nSPS) is 15.8. The molecule has 0 aromatic heterocycles. The molecule has 0 spiro atoms. The number of rotatable bonds is 6. The van der Waals surface area contributed by atoms with Crippen molar-refractivity contribution in [3.05, 3.63) is 0 Å². The van der Waals surface area contributed by atoms with Crippen LogP contribution in [0.2, 0.25) is 0 Å². The van der Waals surface area contributed by atoms with Crippen molar-refractivity contribution in [3.63, 3.8) is 0 Å². The van der Waals surface area contributed by atoms with Gasteiger partial charge in [0, 0.05) is 13.6 Å². The lowest BCUT2D eigenvalue weighted by Crippen LogP contribution is -2.41. The molecule has 1 saturated carbocycles. The highest BCUT2D eigenvalue weighted by atomic mass is 16.5. The van der Waals surface area contributed by atoms with E-state index in [0.29, 0.717) is 19.3 Å². The zero-order valence-corrected chi connectivity index (χ0v) is 10.1. The standard InChI is InChI=1S/C11H20N2O4/c1-13(8-10(14)15)11(16)12-6-7-17-9-4-2-3-5-9/h9H,2-8H2,1H3,(H,12,16)(H,14,15). The van der Waals surface area contributed by atoms with E-state index in [4.69, 9.17) is 9.84 Å². The lowest BCUT2D eigenvalue weighted by molar-refractivity contribution is -0.137. The SMILES string of the molecule is CN(CC(=O)O)C(=O)NCCOC1CCCC1. The minimum Gasteiger partial charge on any atom is -0.480 e. The third kappa shape index (κ3) is 5.53. The van der Waals surface area contributed by atoms with Crippen molar-refractivity contribution in [2.24, 2.45) is 0 Å². The molecule has 0 aromatic carbocycles. The first kappa shape index (κ1) is 13.8. The van der Waals surface area contributed by atoms with Gasteiger partial charge in [0.1, 0.15) is 6.54 Å². The van der Waals surface area contributed by atoms with Gasteiger partial charge in [0.2, 0.25) is 0 Å². The molecule has 0 bridgehead atoms. The van der Waals surface area contributed by atoms with E-state index >= 15 is 0 Å². The van der Waals surface area contributed by atoms with Gasteiger partial charge in [0.25, 0.3) is 0 Å². The molecule has 2 amide bonds. The van der Waals surface area contributed by atoms with Crippen LogP contribution < -0.4 is 5.32 Å². The largest absolute Gasteiger partial charge is 0.480 e. The summed E-state index contributed by atoms with van der Waals surface area (Å²) in [5.41, 5.74) is 0. The number of amides is 2. The molecule has 17 heavy (non-hydrogen) atoms. The minimum absolute atomic E-state index is 0.296. The molecular weight excluding hydrogens is 224 g/mol. The highest BCUT2D eigenvalue weighted by Crippen LogP contribution is 2.20. The number of hydrogen-bond donors (Lipinski definition) is 2. The summed E-state index contributed by atoms with van der Waals surface area (Å²) in [6.45, 7) is 0.603. The molecule has 1 aliphatic rings. The van der Waals surface area contributed by atoms with Crippen LogP contribution >= 0.6 is 0 Å². The molecule has 0 atom stereocenters. The zero-order valence-electron chi connectivity index (χ0n) is 10.1. The van der Waals surface area contributed by atoms with Crippen LogP contribution in [0.3, 0.4) is 0 Å². The predicted octanol–water partition coefficient (Wildman–Crippen LogP) is 0.672. The van der Waals surface area contributed by atoms with Crippen molar-refractivity contribution in [1.82, 2.24) is 10.2 Å². The van der Waals surface area contributed by atoms with Gasteiger partial charge in [-0.1, -0.05) is 12.8 Å². The molecule has 1 aliphatic carbocycles. The summed E-state index contributed by atoms with van der Waals surface area (Å²) in [6, 6.07) is -0.387. The van der Waals surface area contributed by atoms with E-state index < -0.39 is 5.97 Å². The van der Waals surface area contributed by atoms with E-state index in [2.05, 4.69) is 5.32 Å². The summed E-state index contributed by atoms with van der Waals surface area (Å²) in [5.74, 6) is -1.02. The van der Waals surface area contributed by atoms with Gasteiger partial charge in [-0.15, -0.1) is 0 Å². The van der Waals surface area contributed by atoms with Crippen LogP contribution in [-0.2, 0) is 9.53 Å². The topological polar surface area (TPSA) is 78.9 Å². The van der Waals surface area contributed by atoms with Crippen molar-refractivity contribution in [3.8, 4) is 0 Å². The van der Waals surface area contributed by atoms with Crippen LogP contribution in [0, 0.1) is 0 Å². The summed E-state index contributed by atoms with van der Waals surface area (Å²) >= 11 is 0. The molecule has 0 radical (unpaired) electrons. The molecule has 1 rings (SSSR count). The maximum atomic E-state index is 11.4. The van der Waals surface area contributed by atoms with Gasteiger partial charge in [-0.2, -0.15) is 0 Å². The molecule has 0 saturated heterocycles. The van der Waals surface area contributed by atoms with E-state index in [-0.39, 0.29) is 12.6 Å². The van der Waals surface area contributed by atoms with Crippen LogP contribution in [-0.4, -0.2) is 54.9 Å². The van der Waals surface area contributed by atoms with E-state index in [0.717, 1.165) is 17.7 Å². The monoisotopic (exact) mass is 244 g/mol. The van der Waals surface area contributed by atoms with Gasteiger partial charge in [0.05, 0.1) is 12.7 Å². The molecular formula is C11H20N2O4. The van der Waals surface area contributed by atoms with E-state index in [1.54, 1.807) is 0 Å². The molecule has 98 valence electrons. The molecule has 0 unspecified atom stereocenters. The fourth-order valence-corrected chi connectivity index (χ4v) is 1.85. The molecule has 2 N–H and O–H groups in total. The average Bonchev–Trinajstić information content (AvgIpc) is 2.75. The zero-order chi connectivity index (χ0) is 12.7. The van der Waals surface area contributed by atoms with Crippen molar-refractivity contribution >= 4 is 12.0 Å². The first-order chi connectivity index (χ1) is 8.09. The van der Waals surface area contributed by atoms with Crippen LogP contribution in [0.4, 0.5) is 4.79 Å². The number of urea groups is 1. The second-order valence-corrected chi connectivity index (χ2v) is 4.26. The summed E-state index contributed by atoms with van der Waals surface area (Å²) in [5, 5.41) is 11.1. The number of nitrogens with one attached hydrogen (secondary N) is 1. The van der Waals surface area contributed by atoms with Crippen LogP contribution in [0.5, 0.6) is 0 Å². The first-order valence-corrected chi connectivity index (χ1v) is 5.92. The molecule has 0 heterocycles. The number of carbonyl (C=O) groups is 2. The Kier molecular flexibility index (Phi) is 5.76. The molecule has 1 fully saturated rings. The fourth-order valence-electron chi connectivity index (χ4n) is 1.85. The number of carbonyl (C=O) groups excluding carboxylic acids is 1. The Bertz CT molecular complexity index is 264. The summed E-state index contributed by atoms with van der Waals surface area (Å²) in [7, 11) is 1.45. The maximum Gasteiger partial charge on any atom is 0.323 e. The van der Waals surface area contributed by atoms with Gasteiger partial charge in [-0.3, -0.25) is 4.79 Å². The van der Waals surface area contributed by atoms with Gasteiger partial charge in [-0.05, 0) is 12.8 Å². The van der Waals surface area contributed by atoms with Crippen LogP contribution in [0.15, 0.2) is 0 Å². The first-order valence-electron chi connectivity index (χ1n) is 5.92. The number of carboxylic acids is 1. The summed E-state index contributed by atoms with van der Waals surface area (Å²) < 4.78 is 5.56. The van der Waals surface area contributed by atoms with E-state index in [1.807, 2.05) is 0 Å². The van der Waals surface area contributed by atoms with Crippen molar-refractivity contribution in [2.45, 2.75) is 31.8 Å². The third-order valence-corrected chi connectivity index (χ3v) is 2.75. The second kappa shape index (κ2) is 7.11. The molecule has 6 nitrogen and oxygen atoms in total. The smallest absolute Gasteiger partial charge is 0.323 e. The lowest BCUT2D eigenvalue weighted by Gasteiger charge is -2.16. The Morgan fingerprint density at radius 1 is 1.41 bits per heavy atom. The Labute approximate surface area is 101 Å². The number of ether oxygens (including phenoxy) is 1. The summed E-state index contributed by atoms with van der Waals surface area (Å²) in [4.78, 5) is 22.9. The lowest BCUT2D eigenvalue weighted by atomic mass is 10.3. The predicted molar refractivity (Wildman–Crippen MR) is 61.9 cm³/mol. The van der Waals surface area contributed by atoms with E-state index in [1.165, 1.54) is 19.9 Å². The number of nitrogens with zero attached hydrogens (tertiary/aromatic N) is 1. The Morgan fingerprint density at radius 3 is 2.65 bits per heavy atom. The molecule has 0 aliphatic heterocycles. The highest BCUT2D eigenvalue weighted by Gasteiger charge is 2.15. The second-order valence-electron chi connectivity index (χ2n) is 4.26. The maximum absolute atomic E-state index is 11.4. The van der Waals surface area contributed by atoms with Crippen molar-refractivity contribution < 1.29 is 19.4 Å². The number of hydrogen-bond acceptors (Lipinski definition) is 3. The minimum atomic E-state index is -1.02. The number of carboxylic acid groups (broad SMARTS) is 1. The van der Waals surface area contributed by atoms with Crippen LogP contribution in [0.25, 0.3) is 0 Å². The Balaban J connectivity index is 2.04. The fraction of sp³-hybridized carbons (Fsp3) is 0.818. The van der Waals surface area contributed by atoms with E-state index in [9.17, 15) is 9.59 Å². The van der Waals surface area contributed by atoms with Crippen molar-refractivity contribution in [2.75, 3.05) is 26.7 Å². The van der Waals surface area contributed by atoms with Crippen molar-refractivity contribution in [1.29, 1.82) is 0 Å². The quantitative estimate of drug-likeness (QED) is 0.673. The molecule has 0 aromatic rings. The Hall–Kier alpha value is -1.30.